The van der Waals surface area contributed by atoms with E-state index in [1.54, 1.807) is 29.7 Å². The van der Waals surface area contributed by atoms with E-state index in [9.17, 15) is 22.4 Å². The zero-order valence-electron chi connectivity index (χ0n) is 19.5. The van der Waals surface area contributed by atoms with Crippen molar-refractivity contribution in [1.82, 2.24) is 8.87 Å². The zero-order valence-corrected chi connectivity index (χ0v) is 20.3. The third-order valence-corrected chi connectivity index (χ3v) is 7.82. The predicted octanol–water partition coefficient (Wildman–Crippen LogP) is 3.81. The number of carbonyl (C=O) groups excluding carboxylic acids is 2. The van der Waals surface area contributed by atoms with Gasteiger partial charge in [0.1, 0.15) is 5.82 Å². The first-order valence-electron chi connectivity index (χ1n) is 11.2. The molecule has 1 N–H and O–H groups in total. The SMILES string of the molecule is Cc1cc(C(=O)OCC(=O)Nc2ccc(S(=O)(=O)N3CCCC3)cc2)c(C)n1-c1ccc(F)cc1. The van der Waals surface area contributed by atoms with Crippen molar-refractivity contribution in [2.24, 2.45) is 0 Å². The van der Waals surface area contributed by atoms with Crippen molar-refractivity contribution in [3.8, 4) is 5.69 Å². The van der Waals surface area contributed by atoms with Gasteiger partial charge in [-0.2, -0.15) is 4.31 Å². The van der Waals surface area contributed by atoms with Crippen LogP contribution in [0.15, 0.2) is 59.5 Å². The average Bonchev–Trinajstić information content (AvgIpc) is 3.48. The van der Waals surface area contributed by atoms with Gasteiger partial charge in [-0.05, 0) is 81.3 Å². The summed E-state index contributed by atoms with van der Waals surface area (Å²) in [5.41, 5.74) is 2.76. The minimum absolute atomic E-state index is 0.167. The third kappa shape index (κ3) is 5.28. The van der Waals surface area contributed by atoms with Gasteiger partial charge in [-0.15, -0.1) is 0 Å². The van der Waals surface area contributed by atoms with Gasteiger partial charge < -0.3 is 14.6 Å². The zero-order chi connectivity index (χ0) is 25.2. The molecule has 2 heterocycles. The van der Waals surface area contributed by atoms with E-state index in [1.165, 1.54) is 40.7 Å². The number of amides is 1. The molecular weight excluding hydrogens is 473 g/mol. The lowest BCUT2D eigenvalue weighted by Gasteiger charge is -2.15. The van der Waals surface area contributed by atoms with Crippen LogP contribution in [0.2, 0.25) is 0 Å². The number of hydrogen-bond donors (Lipinski definition) is 1. The van der Waals surface area contributed by atoms with Gasteiger partial charge >= 0.3 is 5.97 Å². The summed E-state index contributed by atoms with van der Waals surface area (Å²) in [6.45, 7) is 4.07. The number of aryl methyl sites for hydroxylation is 1. The van der Waals surface area contributed by atoms with Gasteiger partial charge in [-0.3, -0.25) is 4.79 Å². The fraction of sp³-hybridized carbons (Fsp3) is 0.280. The van der Waals surface area contributed by atoms with E-state index >= 15 is 0 Å². The normalized spacial score (nSPS) is 14.1. The number of esters is 1. The lowest BCUT2D eigenvalue weighted by atomic mass is 10.2. The molecule has 1 amide bonds. The molecule has 1 fully saturated rings. The van der Waals surface area contributed by atoms with Gasteiger partial charge in [-0.25, -0.2) is 17.6 Å². The highest BCUT2D eigenvalue weighted by Gasteiger charge is 2.27. The van der Waals surface area contributed by atoms with Crippen LogP contribution in [-0.4, -0.2) is 48.9 Å². The largest absolute Gasteiger partial charge is 0.452 e. The van der Waals surface area contributed by atoms with Crippen molar-refractivity contribution in [3.05, 3.63) is 77.4 Å². The van der Waals surface area contributed by atoms with Gasteiger partial charge in [0.15, 0.2) is 6.61 Å². The first-order chi connectivity index (χ1) is 16.7. The number of sulfonamides is 1. The van der Waals surface area contributed by atoms with E-state index in [0.29, 0.717) is 35.7 Å². The van der Waals surface area contributed by atoms with Crippen LogP contribution < -0.4 is 5.32 Å². The van der Waals surface area contributed by atoms with E-state index in [4.69, 9.17) is 4.74 Å². The van der Waals surface area contributed by atoms with Crippen molar-refractivity contribution < 1.29 is 27.1 Å². The van der Waals surface area contributed by atoms with Crippen molar-refractivity contribution in [1.29, 1.82) is 0 Å². The summed E-state index contributed by atoms with van der Waals surface area (Å²) in [5.74, 6) is -1.57. The molecule has 1 aromatic heterocycles. The highest BCUT2D eigenvalue weighted by atomic mass is 32.2. The van der Waals surface area contributed by atoms with Gasteiger partial charge in [0.2, 0.25) is 10.0 Å². The highest BCUT2D eigenvalue weighted by molar-refractivity contribution is 7.89. The highest BCUT2D eigenvalue weighted by Crippen LogP contribution is 2.23. The fourth-order valence-corrected chi connectivity index (χ4v) is 5.67. The van der Waals surface area contributed by atoms with Crippen molar-refractivity contribution in [3.63, 3.8) is 0 Å². The van der Waals surface area contributed by atoms with E-state index < -0.39 is 28.5 Å². The number of nitrogens with one attached hydrogen (secondary N) is 1. The Hall–Kier alpha value is -3.50. The van der Waals surface area contributed by atoms with Gasteiger partial charge in [0.25, 0.3) is 5.91 Å². The van der Waals surface area contributed by atoms with E-state index in [-0.39, 0.29) is 10.7 Å². The minimum atomic E-state index is -3.53. The number of nitrogens with zero attached hydrogens (tertiary/aromatic N) is 2. The number of rotatable bonds is 7. The summed E-state index contributed by atoms with van der Waals surface area (Å²) < 4.78 is 46.9. The smallest absolute Gasteiger partial charge is 0.340 e. The first kappa shape index (κ1) is 24.6. The van der Waals surface area contributed by atoms with Crippen LogP contribution >= 0.6 is 0 Å². The number of carbonyl (C=O) groups is 2. The monoisotopic (exact) mass is 499 g/mol. The molecule has 1 aliphatic rings. The Balaban J connectivity index is 1.36. The summed E-state index contributed by atoms with van der Waals surface area (Å²) >= 11 is 0. The second-order valence-electron chi connectivity index (χ2n) is 8.36. The topological polar surface area (TPSA) is 97.7 Å². The molecule has 10 heteroatoms. The predicted molar refractivity (Wildman–Crippen MR) is 129 cm³/mol. The van der Waals surface area contributed by atoms with E-state index in [0.717, 1.165) is 18.5 Å². The molecule has 2 aromatic carbocycles. The maximum Gasteiger partial charge on any atom is 0.340 e. The van der Waals surface area contributed by atoms with Crippen molar-refractivity contribution in [2.75, 3.05) is 25.0 Å². The Morgan fingerprint density at radius 2 is 1.63 bits per heavy atom. The van der Waals surface area contributed by atoms with Crippen molar-refractivity contribution in [2.45, 2.75) is 31.6 Å². The Bertz CT molecular complexity index is 1340. The molecule has 1 aliphatic heterocycles. The molecule has 35 heavy (non-hydrogen) atoms. The van der Waals surface area contributed by atoms with Crippen LogP contribution in [0.1, 0.15) is 34.6 Å². The number of hydrogen-bond acceptors (Lipinski definition) is 5. The maximum absolute atomic E-state index is 13.3. The molecule has 0 unspecified atom stereocenters. The van der Waals surface area contributed by atoms with Crippen LogP contribution in [-0.2, 0) is 19.6 Å². The van der Waals surface area contributed by atoms with E-state index in [2.05, 4.69) is 5.32 Å². The number of aromatic nitrogens is 1. The average molecular weight is 500 g/mol. The fourth-order valence-electron chi connectivity index (χ4n) is 4.15. The molecule has 0 spiro atoms. The molecule has 0 radical (unpaired) electrons. The summed E-state index contributed by atoms with van der Waals surface area (Å²) in [6.07, 6.45) is 1.70. The standard InChI is InChI=1S/C25H26FN3O5S/c1-17-15-23(18(2)29(17)21-9-5-19(26)6-10-21)25(31)34-16-24(30)27-20-7-11-22(12-8-20)35(32,33)28-13-3-4-14-28/h5-12,15H,3-4,13-14,16H2,1-2H3,(H,27,30). The molecular formula is C25H26FN3O5S. The molecule has 0 bridgehead atoms. The molecule has 1 saturated heterocycles. The lowest BCUT2D eigenvalue weighted by Crippen LogP contribution is -2.27. The molecule has 3 aromatic rings. The second-order valence-corrected chi connectivity index (χ2v) is 10.3. The van der Waals surface area contributed by atoms with Gasteiger partial charge in [0, 0.05) is 35.9 Å². The Kier molecular flexibility index (Phi) is 7.04. The maximum atomic E-state index is 13.3. The number of halogens is 1. The molecule has 184 valence electrons. The minimum Gasteiger partial charge on any atom is -0.452 e. The van der Waals surface area contributed by atoms with Gasteiger partial charge in [0.05, 0.1) is 10.5 Å². The quantitative estimate of drug-likeness (QED) is 0.499. The number of ether oxygens (including phenoxy) is 1. The van der Waals surface area contributed by atoms with Crippen LogP contribution in [0.3, 0.4) is 0 Å². The van der Waals surface area contributed by atoms with E-state index in [1.807, 2.05) is 6.92 Å². The second kappa shape index (κ2) is 10.0. The molecule has 0 aliphatic carbocycles. The Labute approximate surface area is 203 Å². The van der Waals surface area contributed by atoms with Crippen LogP contribution in [0.4, 0.5) is 10.1 Å². The summed E-state index contributed by atoms with van der Waals surface area (Å²) in [5, 5.41) is 2.59. The summed E-state index contributed by atoms with van der Waals surface area (Å²) in [7, 11) is -3.53. The van der Waals surface area contributed by atoms with Crippen molar-refractivity contribution >= 4 is 27.6 Å². The van der Waals surface area contributed by atoms with Crippen LogP contribution in [0.25, 0.3) is 5.69 Å². The lowest BCUT2D eigenvalue weighted by molar-refractivity contribution is -0.119. The molecule has 0 saturated carbocycles. The molecule has 4 rings (SSSR count). The number of anilines is 1. The van der Waals surface area contributed by atoms with Gasteiger partial charge in [-0.1, -0.05) is 0 Å². The molecule has 0 atom stereocenters. The Morgan fingerprint density at radius 1 is 1.00 bits per heavy atom. The van der Waals surface area contributed by atoms with Crippen LogP contribution in [0, 0.1) is 19.7 Å². The Morgan fingerprint density at radius 3 is 2.26 bits per heavy atom. The van der Waals surface area contributed by atoms with Crippen LogP contribution in [0.5, 0.6) is 0 Å². The summed E-state index contributed by atoms with van der Waals surface area (Å²) in [6, 6.07) is 13.4. The number of benzene rings is 2. The third-order valence-electron chi connectivity index (χ3n) is 5.91. The first-order valence-corrected chi connectivity index (χ1v) is 12.6. The summed E-state index contributed by atoms with van der Waals surface area (Å²) in [4.78, 5) is 25.1. The molecule has 8 nitrogen and oxygen atoms in total.